The minimum atomic E-state index is -4.57. The molecule has 43 heavy (non-hydrogen) atoms. The zero-order valence-electron chi connectivity index (χ0n) is 22.5. The minimum absolute atomic E-state index is 0.0697. The molecule has 14 nitrogen and oxygen atoms in total. The van der Waals surface area contributed by atoms with Gasteiger partial charge in [-0.15, -0.1) is 0 Å². The third-order valence-electron chi connectivity index (χ3n) is 6.03. The minimum Gasteiger partial charge on any atom is -0.495 e. The molecule has 16 heteroatoms. The van der Waals surface area contributed by atoms with Crippen molar-refractivity contribution < 1.29 is 32.2 Å². The smallest absolute Gasteiger partial charge is 0.273 e. The predicted molar refractivity (Wildman–Crippen MR) is 157 cm³/mol. The molecule has 0 aliphatic rings. The maximum absolute atomic E-state index is 13.8. The lowest BCUT2D eigenvalue weighted by Gasteiger charge is -2.25. The summed E-state index contributed by atoms with van der Waals surface area (Å²) in [7, 11) is -3.27. The number of nitro benzene ring substituents is 2. The number of nitro groups is 2. The van der Waals surface area contributed by atoms with Crippen LogP contribution in [0.4, 0.5) is 17.1 Å². The first-order chi connectivity index (χ1) is 20.4. The zero-order chi connectivity index (χ0) is 31.3. The molecule has 0 unspecified atom stereocenters. The van der Waals surface area contributed by atoms with Crippen LogP contribution in [0.5, 0.6) is 5.75 Å². The second-order valence-electron chi connectivity index (χ2n) is 8.83. The van der Waals surface area contributed by atoms with Crippen molar-refractivity contribution in [3.8, 4) is 17.1 Å². The normalized spacial score (nSPS) is 11.3. The molecule has 1 amide bonds. The summed E-state index contributed by atoms with van der Waals surface area (Å²) in [5.74, 6) is -0.187. The van der Waals surface area contributed by atoms with Crippen LogP contribution < -0.4 is 14.5 Å². The number of non-ortho nitro benzene ring substituents is 1. The molecule has 0 radical (unpaired) electrons. The molecule has 4 aromatic rings. The standard InChI is InChI=1S/C27H22ClN5O9S/c1-17-3-10-22(14-23(17)33(37)38)43(39,40)31(24-13-19(28)6-11-26(24)41-2)16-27(34)30-29-15-21-9-12-25(42-21)18-4-7-20(8-5-18)32(35)36/h3-15H,16H2,1-2H3,(H,30,34)/b29-15-. The highest BCUT2D eigenvalue weighted by molar-refractivity contribution is 7.92. The Labute approximate surface area is 249 Å². The number of carbonyl (C=O) groups excluding carboxylic acids is 1. The maximum atomic E-state index is 13.8. The Morgan fingerprint density at radius 3 is 2.42 bits per heavy atom. The molecule has 222 valence electrons. The number of amides is 1. The highest BCUT2D eigenvalue weighted by atomic mass is 35.5. The van der Waals surface area contributed by atoms with Crippen LogP contribution in [0, 0.1) is 27.2 Å². The van der Waals surface area contributed by atoms with Crippen LogP contribution in [0.15, 0.2) is 87.2 Å². The molecular formula is C27H22ClN5O9S. The van der Waals surface area contributed by atoms with Gasteiger partial charge in [0.1, 0.15) is 23.8 Å². The molecule has 0 aliphatic carbocycles. The summed E-state index contributed by atoms with van der Waals surface area (Å²) in [5.41, 5.74) is 2.46. The number of carbonyl (C=O) groups is 1. The Balaban J connectivity index is 1.58. The topological polar surface area (TPSA) is 187 Å². The average Bonchev–Trinajstić information content (AvgIpc) is 3.44. The maximum Gasteiger partial charge on any atom is 0.273 e. The van der Waals surface area contributed by atoms with Crippen molar-refractivity contribution in [1.29, 1.82) is 0 Å². The highest BCUT2D eigenvalue weighted by Crippen LogP contribution is 2.35. The molecular weight excluding hydrogens is 606 g/mol. The summed E-state index contributed by atoms with van der Waals surface area (Å²) in [6.45, 7) is 0.663. The van der Waals surface area contributed by atoms with Gasteiger partial charge in [0.05, 0.1) is 33.8 Å². The molecule has 0 bridgehead atoms. The summed E-state index contributed by atoms with van der Waals surface area (Å²) >= 11 is 6.13. The summed E-state index contributed by atoms with van der Waals surface area (Å²) in [6.07, 6.45) is 1.18. The van der Waals surface area contributed by atoms with E-state index < -0.39 is 42.9 Å². The summed E-state index contributed by atoms with van der Waals surface area (Å²) in [4.78, 5) is 33.6. The molecule has 0 fully saturated rings. The molecule has 0 atom stereocenters. The lowest BCUT2D eigenvalue weighted by Crippen LogP contribution is -2.39. The van der Waals surface area contributed by atoms with Gasteiger partial charge in [-0.3, -0.25) is 29.3 Å². The van der Waals surface area contributed by atoms with E-state index in [-0.39, 0.29) is 33.5 Å². The molecule has 3 aromatic carbocycles. The van der Waals surface area contributed by atoms with Gasteiger partial charge in [0.25, 0.3) is 27.3 Å². The number of rotatable bonds is 11. The Kier molecular flexibility index (Phi) is 9.06. The van der Waals surface area contributed by atoms with E-state index in [9.17, 15) is 33.4 Å². The van der Waals surface area contributed by atoms with Gasteiger partial charge < -0.3 is 9.15 Å². The van der Waals surface area contributed by atoms with E-state index in [4.69, 9.17) is 20.8 Å². The first kappa shape index (κ1) is 30.7. The van der Waals surface area contributed by atoms with Crippen molar-refractivity contribution in [2.24, 2.45) is 5.10 Å². The van der Waals surface area contributed by atoms with Crippen LogP contribution in [0.1, 0.15) is 11.3 Å². The van der Waals surface area contributed by atoms with Crippen LogP contribution in [0.25, 0.3) is 11.3 Å². The number of nitrogens with zero attached hydrogens (tertiary/aromatic N) is 4. The Bertz CT molecular complexity index is 1840. The number of furan rings is 1. The molecule has 4 rings (SSSR count). The number of methoxy groups -OCH3 is 1. The second-order valence-corrected chi connectivity index (χ2v) is 11.1. The predicted octanol–water partition coefficient (Wildman–Crippen LogP) is 5.08. The van der Waals surface area contributed by atoms with Crippen LogP contribution in [0.2, 0.25) is 5.02 Å². The Morgan fingerprint density at radius 2 is 1.77 bits per heavy atom. The van der Waals surface area contributed by atoms with Crippen molar-refractivity contribution in [3.63, 3.8) is 0 Å². The van der Waals surface area contributed by atoms with Gasteiger partial charge in [-0.2, -0.15) is 5.10 Å². The van der Waals surface area contributed by atoms with Gasteiger partial charge in [0, 0.05) is 34.3 Å². The quantitative estimate of drug-likeness (QED) is 0.134. The highest BCUT2D eigenvalue weighted by Gasteiger charge is 2.31. The number of hydrogen-bond donors (Lipinski definition) is 1. The molecule has 0 aliphatic heterocycles. The van der Waals surface area contributed by atoms with Gasteiger partial charge in [-0.25, -0.2) is 13.8 Å². The average molecular weight is 628 g/mol. The number of hydrogen-bond acceptors (Lipinski definition) is 10. The number of sulfonamides is 1. The van der Waals surface area contributed by atoms with E-state index in [1.807, 2.05) is 0 Å². The van der Waals surface area contributed by atoms with Crippen molar-refractivity contribution in [3.05, 3.63) is 109 Å². The zero-order valence-corrected chi connectivity index (χ0v) is 24.0. The van der Waals surface area contributed by atoms with E-state index in [1.165, 1.54) is 74.8 Å². The van der Waals surface area contributed by atoms with E-state index in [2.05, 4.69) is 10.5 Å². The van der Waals surface area contributed by atoms with Crippen molar-refractivity contribution >= 4 is 50.8 Å². The van der Waals surface area contributed by atoms with E-state index in [0.717, 1.165) is 6.07 Å². The largest absolute Gasteiger partial charge is 0.495 e. The first-order valence-electron chi connectivity index (χ1n) is 12.2. The van der Waals surface area contributed by atoms with Gasteiger partial charge in [-0.1, -0.05) is 17.7 Å². The third kappa shape index (κ3) is 6.97. The summed E-state index contributed by atoms with van der Waals surface area (Å²) in [6, 6.07) is 16.4. The number of ether oxygens (including phenoxy) is 1. The van der Waals surface area contributed by atoms with Crippen LogP contribution >= 0.6 is 11.6 Å². The van der Waals surface area contributed by atoms with Gasteiger partial charge >= 0.3 is 0 Å². The molecule has 1 heterocycles. The molecule has 0 saturated carbocycles. The van der Waals surface area contributed by atoms with Crippen LogP contribution in [0.3, 0.4) is 0 Å². The first-order valence-corrected chi connectivity index (χ1v) is 14.0. The molecule has 0 saturated heterocycles. The monoisotopic (exact) mass is 627 g/mol. The third-order valence-corrected chi connectivity index (χ3v) is 8.02. The molecule has 1 aromatic heterocycles. The number of anilines is 1. The number of aryl methyl sites for hydroxylation is 1. The van der Waals surface area contributed by atoms with Crippen molar-refractivity contribution in [2.75, 3.05) is 18.0 Å². The summed E-state index contributed by atoms with van der Waals surface area (Å²) < 4.78 is 39.1. The lowest BCUT2D eigenvalue weighted by molar-refractivity contribution is -0.385. The number of hydrazone groups is 1. The van der Waals surface area contributed by atoms with Gasteiger partial charge in [0.15, 0.2) is 0 Å². The van der Waals surface area contributed by atoms with Crippen molar-refractivity contribution in [2.45, 2.75) is 11.8 Å². The van der Waals surface area contributed by atoms with Gasteiger partial charge in [0.2, 0.25) is 0 Å². The van der Waals surface area contributed by atoms with E-state index >= 15 is 0 Å². The number of benzene rings is 3. The van der Waals surface area contributed by atoms with E-state index in [0.29, 0.717) is 15.6 Å². The number of nitrogens with one attached hydrogen (secondary N) is 1. The fourth-order valence-corrected chi connectivity index (χ4v) is 5.50. The van der Waals surface area contributed by atoms with E-state index in [1.54, 1.807) is 12.1 Å². The van der Waals surface area contributed by atoms with Crippen LogP contribution in [-0.2, 0) is 14.8 Å². The fraction of sp³-hybridized carbons (Fsp3) is 0.111. The lowest BCUT2D eigenvalue weighted by atomic mass is 10.1. The Morgan fingerprint density at radius 1 is 1.05 bits per heavy atom. The van der Waals surface area contributed by atoms with Crippen LogP contribution in [-0.4, -0.2) is 44.0 Å². The second kappa shape index (κ2) is 12.7. The SMILES string of the molecule is COc1ccc(Cl)cc1N(CC(=O)N/N=C\c1ccc(-c2ccc([N+](=O)[O-])cc2)o1)S(=O)(=O)c1ccc(C)c([N+](=O)[O-])c1. The number of halogens is 1. The summed E-state index contributed by atoms with van der Waals surface area (Å²) in [5, 5.41) is 26.3. The molecule has 0 spiro atoms. The molecule has 1 N–H and O–H groups in total. The fourth-order valence-electron chi connectivity index (χ4n) is 3.89. The van der Waals surface area contributed by atoms with Gasteiger partial charge in [-0.05, 0) is 55.5 Å². The Hall–Kier alpha value is -5.28. The van der Waals surface area contributed by atoms with Crippen molar-refractivity contribution in [1.82, 2.24) is 5.43 Å².